The quantitative estimate of drug-likeness (QED) is 0.170. The van der Waals surface area contributed by atoms with E-state index in [4.69, 9.17) is 7.10 Å². The highest BCUT2D eigenvalue weighted by Crippen LogP contribution is 2.17. The summed E-state index contributed by atoms with van der Waals surface area (Å²) in [6.07, 6.45) is 5.12. The summed E-state index contributed by atoms with van der Waals surface area (Å²) in [6, 6.07) is -1.80. The molecule has 0 spiro atoms. The number of nitrogens with two attached hydrogens (primary N) is 1. The molecule has 1 rings (SSSR count). The summed E-state index contributed by atoms with van der Waals surface area (Å²) in [7, 11) is 0. The van der Waals surface area contributed by atoms with E-state index < -0.39 is 18.0 Å². The number of amides is 6. The van der Waals surface area contributed by atoms with Gasteiger partial charge in [0.1, 0.15) is 0 Å². The van der Waals surface area contributed by atoms with Crippen molar-refractivity contribution in [2.75, 3.05) is 13.1 Å². The Morgan fingerprint density at radius 2 is 1.67 bits per heavy atom. The van der Waals surface area contributed by atoms with Crippen molar-refractivity contribution in [2.24, 2.45) is 17.6 Å². The maximum absolute atomic E-state index is 13.1. The smallest absolute Gasteiger partial charge is 0.312 e. The Balaban J connectivity index is 2.59. The van der Waals surface area contributed by atoms with Crippen molar-refractivity contribution >= 4 is 35.4 Å². The number of hydrogen-bond donors (Lipinski definition) is 4. The van der Waals surface area contributed by atoms with E-state index in [2.05, 4.69) is 16.0 Å². The predicted molar refractivity (Wildman–Crippen MR) is 134 cm³/mol. The van der Waals surface area contributed by atoms with Gasteiger partial charge in [-0.15, -0.1) is 0 Å². The molecule has 0 aromatic heterocycles. The lowest BCUT2D eigenvalue weighted by atomic mass is 9.89. The summed E-state index contributed by atoms with van der Waals surface area (Å²) in [5, 5.41) is 7.98. The molecular formula is C25H41N5O6. The van der Waals surface area contributed by atoms with Crippen molar-refractivity contribution in [3.05, 3.63) is 12.2 Å². The second kappa shape index (κ2) is 15.7. The summed E-state index contributed by atoms with van der Waals surface area (Å²) in [4.78, 5) is 73.5. The lowest BCUT2D eigenvalue weighted by Crippen LogP contribution is -2.46. The number of imide groups is 1. The molecule has 0 saturated carbocycles. The first-order valence-electron chi connectivity index (χ1n) is 13.2. The Kier molecular flexibility index (Phi) is 12.6. The third kappa shape index (κ3) is 11.5. The average Bonchev–Trinajstić information content (AvgIpc) is 3.15. The van der Waals surface area contributed by atoms with Crippen LogP contribution >= 0.6 is 0 Å². The highest BCUT2D eigenvalue weighted by Gasteiger charge is 2.29. The Morgan fingerprint density at radius 3 is 2.25 bits per heavy atom. The SMILES string of the molecule is [2H]C[C@@H](C)NC(=O)C(CCCNC(N)=O)CC(=O)[C@@H](NC(=O)CCCCCN1C(=O)C=CC1=O)C(C)C. The van der Waals surface area contributed by atoms with Gasteiger partial charge in [-0.05, 0) is 45.4 Å². The summed E-state index contributed by atoms with van der Waals surface area (Å²) in [5.41, 5.74) is 5.07. The van der Waals surface area contributed by atoms with E-state index in [1.54, 1.807) is 6.92 Å². The fourth-order valence-electron chi connectivity index (χ4n) is 3.86. The number of primary amides is 1. The third-order valence-electron chi connectivity index (χ3n) is 5.75. The lowest BCUT2D eigenvalue weighted by Gasteiger charge is -2.24. The maximum atomic E-state index is 13.1. The maximum Gasteiger partial charge on any atom is 0.312 e. The molecule has 202 valence electrons. The van der Waals surface area contributed by atoms with Crippen LogP contribution in [0.2, 0.25) is 0 Å². The van der Waals surface area contributed by atoms with Crippen molar-refractivity contribution in [2.45, 2.75) is 84.7 Å². The van der Waals surface area contributed by atoms with Crippen molar-refractivity contribution in [1.29, 1.82) is 0 Å². The predicted octanol–water partition coefficient (Wildman–Crippen LogP) is 1.16. The molecule has 0 aromatic rings. The Bertz CT molecular complexity index is 845. The van der Waals surface area contributed by atoms with Gasteiger partial charge in [-0.1, -0.05) is 20.3 Å². The monoisotopic (exact) mass is 508 g/mol. The van der Waals surface area contributed by atoms with Crippen LogP contribution in [0.5, 0.6) is 0 Å². The van der Waals surface area contributed by atoms with Crippen molar-refractivity contribution in [3.63, 3.8) is 0 Å². The molecule has 0 fully saturated rings. The molecular weight excluding hydrogens is 466 g/mol. The summed E-state index contributed by atoms with van der Waals surface area (Å²) in [5.74, 6) is -2.40. The zero-order valence-corrected chi connectivity index (χ0v) is 21.5. The molecule has 0 bridgehead atoms. The van der Waals surface area contributed by atoms with Gasteiger partial charge in [0.05, 0.1) is 6.04 Å². The van der Waals surface area contributed by atoms with Gasteiger partial charge in [-0.2, -0.15) is 0 Å². The number of hydrogen-bond acceptors (Lipinski definition) is 6. The average molecular weight is 509 g/mol. The van der Waals surface area contributed by atoms with Crippen LogP contribution < -0.4 is 21.7 Å². The van der Waals surface area contributed by atoms with Crippen LogP contribution in [0.25, 0.3) is 0 Å². The lowest BCUT2D eigenvalue weighted by molar-refractivity contribution is -0.137. The highest BCUT2D eigenvalue weighted by molar-refractivity contribution is 6.12. The van der Waals surface area contributed by atoms with Gasteiger partial charge in [0, 0.05) is 51.4 Å². The fourth-order valence-corrected chi connectivity index (χ4v) is 3.86. The fraction of sp³-hybridized carbons (Fsp3) is 0.680. The number of urea groups is 1. The van der Waals surface area contributed by atoms with E-state index in [9.17, 15) is 28.8 Å². The van der Waals surface area contributed by atoms with Crippen LogP contribution in [0, 0.1) is 11.8 Å². The van der Waals surface area contributed by atoms with Gasteiger partial charge in [-0.25, -0.2) is 4.79 Å². The summed E-state index contributed by atoms with van der Waals surface area (Å²) < 4.78 is 7.42. The van der Waals surface area contributed by atoms with E-state index in [1.165, 1.54) is 12.2 Å². The molecule has 0 saturated heterocycles. The molecule has 11 nitrogen and oxygen atoms in total. The van der Waals surface area contributed by atoms with Gasteiger partial charge >= 0.3 is 6.03 Å². The van der Waals surface area contributed by atoms with Crippen LogP contribution in [-0.2, 0) is 24.0 Å². The molecule has 1 unspecified atom stereocenters. The second-order valence-electron chi connectivity index (χ2n) is 9.47. The highest BCUT2D eigenvalue weighted by atomic mass is 16.2. The molecule has 1 aliphatic heterocycles. The molecule has 3 atom stereocenters. The van der Waals surface area contributed by atoms with Crippen LogP contribution in [0.1, 0.15) is 74.0 Å². The molecule has 6 amide bonds. The number of ketones is 1. The molecule has 0 radical (unpaired) electrons. The molecule has 1 heterocycles. The number of carbonyl (C=O) groups is 6. The van der Waals surface area contributed by atoms with Gasteiger partial charge in [-0.3, -0.25) is 28.9 Å². The first kappa shape index (κ1) is 29.0. The van der Waals surface area contributed by atoms with Crippen LogP contribution in [0.15, 0.2) is 12.2 Å². The number of carbonyl (C=O) groups excluding carboxylic acids is 6. The molecule has 1 aliphatic rings. The Morgan fingerprint density at radius 1 is 1.00 bits per heavy atom. The van der Waals surface area contributed by atoms with E-state index in [0.29, 0.717) is 38.6 Å². The standard InChI is InChI=1S/C25H41N5O6/c1-16(2)23(29-20(32)10-6-5-7-14-30-21(33)11-12-22(30)34)19(31)15-18(24(35)28-17(3)4)9-8-13-27-25(26)36/h11-12,16-18,23H,5-10,13-15H2,1-4H3,(H,28,35)(H,29,32)(H3,26,27,36)/t18?,23-/m0/s1/i3D/t17-,18?,23-. The summed E-state index contributed by atoms with van der Waals surface area (Å²) >= 11 is 0. The van der Waals surface area contributed by atoms with Crippen LogP contribution in [0.3, 0.4) is 0 Å². The van der Waals surface area contributed by atoms with E-state index in [0.717, 1.165) is 4.90 Å². The van der Waals surface area contributed by atoms with Gasteiger partial charge < -0.3 is 21.7 Å². The zero-order chi connectivity index (χ0) is 28.0. The molecule has 36 heavy (non-hydrogen) atoms. The second-order valence-corrected chi connectivity index (χ2v) is 9.47. The number of nitrogens with zero attached hydrogens (tertiary/aromatic N) is 1. The topological polar surface area (TPSA) is 168 Å². The van der Waals surface area contributed by atoms with Crippen molar-refractivity contribution < 1.29 is 30.1 Å². The van der Waals surface area contributed by atoms with Crippen LogP contribution in [-0.4, -0.2) is 65.5 Å². The van der Waals surface area contributed by atoms with Gasteiger partial charge in [0.2, 0.25) is 11.8 Å². The van der Waals surface area contributed by atoms with Crippen LogP contribution in [0.4, 0.5) is 4.79 Å². The largest absolute Gasteiger partial charge is 0.354 e. The Labute approximate surface area is 214 Å². The van der Waals surface area contributed by atoms with Crippen molar-refractivity contribution in [3.8, 4) is 0 Å². The first-order chi connectivity index (χ1) is 17.5. The zero-order valence-electron chi connectivity index (χ0n) is 22.5. The van der Waals surface area contributed by atoms with Gasteiger partial charge in [0.25, 0.3) is 11.8 Å². The minimum atomic E-state index is -0.758. The number of Topliss-reactive ketones (excluding diaryl/α,β-unsaturated/α-hetero) is 1. The first-order valence-corrected chi connectivity index (χ1v) is 12.4. The molecule has 0 aromatic carbocycles. The normalized spacial score (nSPS) is 15.9. The number of rotatable bonds is 17. The van der Waals surface area contributed by atoms with Gasteiger partial charge in [0.15, 0.2) is 5.78 Å². The van der Waals surface area contributed by atoms with E-state index >= 15 is 0 Å². The molecule has 0 aliphatic carbocycles. The third-order valence-corrected chi connectivity index (χ3v) is 5.75. The van der Waals surface area contributed by atoms with E-state index in [-0.39, 0.29) is 67.7 Å². The van der Waals surface area contributed by atoms with E-state index in [1.807, 2.05) is 13.8 Å². The summed E-state index contributed by atoms with van der Waals surface area (Å²) in [6.45, 7) is 5.90. The molecule has 11 heteroatoms. The Hall–Kier alpha value is -3.24. The minimum absolute atomic E-state index is 0.00183. The molecule has 5 N–H and O–H groups in total. The van der Waals surface area contributed by atoms with Crippen molar-refractivity contribution in [1.82, 2.24) is 20.9 Å². The number of unbranched alkanes of at least 4 members (excludes halogenated alkanes) is 2. The minimum Gasteiger partial charge on any atom is -0.354 e. The number of nitrogens with one attached hydrogen (secondary N) is 3.